The lowest BCUT2D eigenvalue weighted by Crippen LogP contribution is -1.86. The van der Waals surface area contributed by atoms with Gasteiger partial charge in [-0.3, -0.25) is 0 Å². The van der Waals surface area contributed by atoms with E-state index in [9.17, 15) is 0 Å². The summed E-state index contributed by atoms with van der Waals surface area (Å²) in [4.78, 5) is 0. The largest absolute Gasteiger partial charge is 0.121 e. The van der Waals surface area contributed by atoms with Crippen LogP contribution >= 0.6 is 46.4 Å². The Kier molecular flexibility index (Phi) is 4.22. The summed E-state index contributed by atoms with van der Waals surface area (Å²) in [6, 6.07) is 11.0. The van der Waals surface area contributed by atoms with E-state index in [1.165, 1.54) is 0 Å². The molecule has 0 N–H and O–H groups in total. The third kappa shape index (κ3) is 2.71. The molecule has 0 amide bonds. The molecule has 0 aliphatic rings. The van der Waals surface area contributed by atoms with E-state index in [-0.39, 0.29) is 0 Å². The SMILES string of the molecule is ClCc1cc(-c2c(Cl)cccc2Cl)ccc1Cl. The highest BCUT2D eigenvalue weighted by molar-refractivity contribution is 6.39. The van der Waals surface area contributed by atoms with E-state index in [1.807, 2.05) is 18.2 Å². The molecule has 2 aromatic rings. The molecule has 0 aromatic heterocycles. The number of benzene rings is 2. The fourth-order valence-electron chi connectivity index (χ4n) is 1.61. The Balaban J connectivity index is 2.61. The normalized spacial score (nSPS) is 10.6. The highest BCUT2D eigenvalue weighted by Crippen LogP contribution is 2.36. The molecule has 0 atom stereocenters. The third-order valence-corrected chi connectivity index (χ3v) is 3.73. The van der Waals surface area contributed by atoms with Crippen LogP contribution in [0.3, 0.4) is 0 Å². The molecule has 0 heterocycles. The Morgan fingerprint density at radius 1 is 0.824 bits per heavy atom. The van der Waals surface area contributed by atoms with Crippen LogP contribution in [0.2, 0.25) is 15.1 Å². The van der Waals surface area contributed by atoms with E-state index in [2.05, 4.69) is 0 Å². The molecule has 0 saturated heterocycles. The second kappa shape index (κ2) is 5.49. The molecule has 88 valence electrons. The summed E-state index contributed by atoms with van der Waals surface area (Å²) >= 11 is 24.1. The lowest BCUT2D eigenvalue weighted by Gasteiger charge is -2.09. The summed E-state index contributed by atoms with van der Waals surface area (Å²) in [6.07, 6.45) is 0. The minimum Gasteiger partial charge on any atom is -0.121 e. The maximum absolute atomic E-state index is 6.15. The van der Waals surface area contributed by atoms with Crippen LogP contribution in [0.15, 0.2) is 36.4 Å². The van der Waals surface area contributed by atoms with Crippen molar-refractivity contribution in [2.24, 2.45) is 0 Å². The Morgan fingerprint density at radius 2 is 1.47 bits per heavy atom. The maximum atomic E-state index is 6.15. The van der Waals surface area contributed by atoms with Crippen molar-refractivity contribution < 1.29 is 0 Å². The van der Waals surface area contributed by atoms with Gasteiger partial charge in [0.25, 0.3) is 0 Å². The zero-order chi connectivity index (χ0) is 12.4. The van der Waals surface area contributed by atoms with E-state index in [0.29, 0.717) is 20.9 Å². The lowest BCUT2D eigenvalue weighted by atomic mass is 10.0. The first-order valence-corrected chi connectivity index (χ1v) is 6.59. The van der Waals surface area contributed by atoms with Gasteiger partial charge in [0.1, 0.15) is 0 Å². The summed E-state index contributed by atoms with van der Waals surface area (Å²) in [5.41, 5.74) is 2.58. The minimum atomic E-state index is 0.356. The molecule has 4 heteroatoms. The van der Waals surface area contributed by atoms with Crippen molar-refractivity contribution in [3.05, 3.63) is 57.0 Å². The van der Waals surface area contributed by atoms with Crippen LogP contribution in [0.5, 0.6) is 0 Å². The number of halogens is 4. The zero-order valence-corrected chi connectivity index (χ0v) is 11.7. The number of rotatable bonds is 2. The van der Waals surface area contributed by atoms with Crippen molar-refractivity contribution in [1.82, 2.24) is 0 Å². The average Bonchev–Trinajstić information content (AvgIpc) is 2.31. The van der Waals surface area contributed by atoms with Crippen LogP contribution in [0.25, 0.3) is 11.1 Å². The first-order valence-electron chi connectivity index (χ1n) is 4.92. The topological polar surface area (TPSA) is 0 Å². The fourth-order valence-corrected chi connectivity index (χ4v) is 2.70. The van der Waals surface area contributed by atoms with Crippen LogP contribution in [0, 0.1) is 0 Å². The molecule has 0 radical (unpaired) electrons. The maximum Gasteiger partial charge on any atom is 0.0499 e. The van der Waals surface area contributed by atoms with Crippen molar-refractivity contribution in [3.8, 4) is 11.1 Å². The molecule has 0 aliphatic heterocycles. The van der Waals surface area contributed by atoms with Crippen LogP contribution in [0.1, 0.15) is 5.56 Å². The van der Waals surface area contributed by atoms with Gasteiger partial charge in [-0.05, 0) is 35.4 Å². The van der Waals surface area contributed by atoms with Gasteiger partial charge in [-0.15, -0.1) is 11.6 Å². The number of alkyl halides is 1. The molecule has 0 fully saturated rings. The first-order chi connectivity index (χ1) is 8.13. The van der Waals surface area contributed by atoms with Gasteiger partial charge in [0.15, 0.2) is 0 Å². The van der Waals surface area contributed by atoms with E-state index in [1.54, 1.807) is 18.2 Å². The quantitative estimate of drug-likeness (QED) is 0.592. The van der Waals surface area contributed by atoms with Crippen LogP contribution in [0.4, 0.5) is 0 Å². The molecule has 2 rings (SSSR count). The number of hydrogen-bond donors (Lipinski definition) is 0. The summed E-state index contributed by atoms with van der Waals surface area (Å²) in [6.45, 7) is 0. The Hall–Kier alpha value is -0.400. The van der Waals surface area contributed by atoms with E-state index >= 15 is 0 Å². The van der Waals surface area contributed by atoms with Gasteiger partial charge < -0.3 is 0 Å². The van der Waals surface area contributed by atoms with Gasteiger partial charge in [-0.1, -0.05) is 46.9 Å². The molecule has 0 aliphatic carbocycles. The average molecular weight is 306 g/mol. The third-order valence-electron chi connectivity index (χ3n) is 2.44. The van der Waals surface area contributed by atoms with Crippen molar-refractivity contribution in [3.63, 3.8) is 0 Å². The van der Waals surface area contributed by atoms with E-state index in [4.69, 9.17) is 46.4 Å². The zero-order valence-electron chi connectivity index (χ0n) is 8.68. The molecule has 0 spiro atoms. The summed E-state index contributed by atoms with van der Waals surface area (Å²) in [5, 5.41) is 1.87. The lowest BCUT2D eigenvalue weighted by molar-refractivity contribution is 1.40. The van der Waals surface area contributed by atoms with Crippen molar-refractivity contribution in [1.29, 1.82) is 0 Å². The Morgan fingerprint density at radius 3 is 2.06 bits per heavy atom. The highest BCUT2D eigenvalue weighted by Gasteiger charge is 2.09. The molecule has 17 heavy (non-hydrogen) atoms. The predicted octanol–water partition coefficient (Wildman–Crippen LogP) is 6.05. The Bertz CT molecular complexity index is 529. The van der Waals surface area contributed by atoms with Gasteiger partial charge in [0.2, 0.25) is 0 Å². The second-order valence-electron chi connectivity index (χ2n) is 3.54. The van der Waals surface area contributed by atoms with Crippen LogP contribution < -0.4 is 0 Å². The van der Waals surface area contributed by atoms with Crippen molar-refractivity contribution in [2.45, 2.75) is 5.88 Å². The molecular weight excluding hydrogens is 298 g/mol. The molecule has 0 bridgehead atoms. The van der Waals surface area contributed by atoms with Crippen LogP contribution in [-0.2, 0) is 5.88 Å². The highest BCUT2D eigenvalue weighted by atomic mass is 35.5. The van der Waals surface area contributed by atoms with E-state index in [0.717, 1.165) is 16.7 Å². The molecule has 0 nitrogen and oxygen atoms in total. The molecular formula is C13H8Cl4. The standard InChI is InChI=1S/C13H8Cl4/c14-7-9-6-8(4-5-10(9)15)13-11(16)2-1-3-12(13)17/h1-6H,7H2. The summed E-state index contributed by atoms with van der Waals surface area (Å²) in [5.74, 6) is 0.356. The monoisotopic (exact) mass is 304 g/mol. The molecule has 2 aromatic carbocycles. The van der Waals surface area contributed by atoms with Gasteiger partial charge in [-0.2, -0.15) is 0 Å². The van der Waals surface area contributed by atoms with Crippen molar-refractivity contribution >= 4 is 46.4 Å². The van der Waals surface area contributed by atoms with Gasteiger partial charge in [-0.25, -0.2) is 0 Å². The Labute approximate surface area is 120 Å². The van der Waals surface area contributed by atoms with Gasteiger partial charge in [0.05, 0.1) is 0 Å². The van der Waals surface area contributed by atoms with Gasteiger partial charge >= 0.3 is 0 Å². The summed E-state index contributed by atoms with van der Waals surface area (Å²) in [7, 11) is 0. The fraction of sp³-hybridized carbons (Fsp3) is 0.0769. The van der Waals surface area contributed by atoms with Crippen molar-refractivity contribution in [2.75, 3.05) is 0 Å². The van der Waals surface area contributed by atoms with Gasteiger partial charge in [0, 0.05) is 26.5 Å². The number of hydrogen-bond acceptors (Lipinski definition) is 0. The molecule has 0 saturated carbocycles. The summed E-state index contributed by atoms with van der Waals surface area (Å²) < 4.78 is 0. The van der Waals surface area contributed by atoms with Crippen LogP contribution in [-0.4, -0.2) is 0 Å². The minimum absolute atomic E-state index is 0.356. The smallest absolute Gasteiger partial charge is 0.0499 e. The van der Waals surface area contributed by atoms with E-state index < -0.39 is 0 Å². The predicted molar refractivity (Wildman–Crippen MR) is 76.5 cm³/mol. The molecule has 0 unspecified atom stereocenters. The second-order valence-corrected chi connectivity index (χ2v) is 5.03. The first kappa shape index (κ1) is 13.0.